The summed E-state index contributed by atoms with van der Waals surface area (Å²) in [6.07, 6.45) is -2.73. The summed E-state index contributed by atoms with van der Waals surface area (Å²) in [6, 6.07) is 6.81. The van der Waals surface area contributed by atoms with E-state index >= 15 is 0 Å². The van der Waals surface area contributed by atoms with Crippen LogP contribution >= 0.6 is 15.2 Å². The minimum Gasteiger partial charge on any atom is -0.481 e. The van der Waals surface area contributed by atoms with Gasteiger partial charge >= 0.3 is 27.1 Å². The molecule has 0 aromatic heterocycles. The van der Waals surface area contributed by atoms with Gasteiger partial charge in [-0.1, -0.05) is 30.3 Å². The molecule has 0 aliphatic heterocycles. The highest BCUT2D eigenvalue weighted by Gasteiger charge is 2.58. The third-order valence-electron chi connectivity index (χ3n) is 3.52. The van der Waals surface area contributed by atoms with E-state index in [1.807, 2.05) is 0 Å². The van der Waals surface area contributed by atoms with Crippen LogP contribution in [0.5, 0.6) is 0 Å². The average Bonchev–Trinajstić information content (AvgIpc) is 2.40. The lowest BCUT2D eigenvalue weighted by atomic mass is 9.95. The van der Waals surface area contributed by atoms with Crippen molar-refractivity contribution in [3.05, 3.63) is 35.9 Å². The molecule has 12 heteroatoms. The van der Waals surface area contributed by atoms with Gasteiger partial charge in [0.25, 0.3) is 0 Å². The van der Waals surface area contributed by atoms with Crippen molar-refractivity contribution in [2.75, 3.05) is 0 Å². The van der Waals surface area contributed by atoms with Crippen LogP contribution in [0.25, 0.3) is 0 Å². The van der Waals surface area contributed by atoms with Gasteiger partial charge in [0.05, 0.1) is 12.1 Å². The third-order valence-corrected chi connectivity index (χ3v) is 6.46. The molecule has 134 valence electrons. The zero-order valence-corrected chi connectivity index (χ0v) is 13.9. The molecule has 0 saturated carbocycles. The van der Waals surface area contributed by atoms with Crippen LogP contribution in [-0.4, -0.2) is 46.9 Å². The molecule has 6 N–H and O–H groups in total. The Morgan fingerprint density at radius 1 is 1.00 bits per heavy atom. The summed E-state index contributed by atoms with van der Waals surface area (Å²) in [4.78, 5) is 60.3. The quantitative estimate of drug-likeness (QED) is 0.350. The number of carboxylic acids is 2. The number of aliphatic carboxylic acids is 2. The Morgan fingerprint density at radius 3 is 1.83 bits per heavy atom. The van der Waals surface area contributed by atoms with Crippen LogP contribution in [0.3, 0.4) is 0 Å². The predicted molar refractivity (Wildman–Crippen MR) is 80.5 cm³/mol. The summed E-state index contributed by atoms with van der Waals surface area (Å²) >= 11 is 0. The number of rotatable bonds is 8. The zero-order chi connectivity index (χ0) is 18.8. The molecule has 2 atom stereocenters. The topological polar surface area (TPSA) is 190 Å². The largest absolute Gasteiger partial charge is 0.481 e. The fourth-order valence-electron chi connectivity index (χ4n) is 2.26. The zero-order valence-electron chi connectivity index (χ0n) is 12.1. The van der Waals surface area contributed by atoms with Gasteiger partial charge in [-0.3, -0.25) is 18.7 Å². The highest BCUT2D eigenvalue weighted by molar-refractivity contribution is 7.55. The molecular weight excluding hydrogens is 366 g/mol. The van der Waals surface area contributed by atoms with Crippen molar-refractivity contribution in [1.29, 1.82) is 0 Å². The van der Waals surface area contributed by atoms with E-state index in [1.54, 1.807) is 0 Å². The van der Waals surface area contributed by atoms with Crippen molar-refractivity contribution in [2.45, 2.75) is 23.7 Å². The second-order valence-electron chi connectivity index (χ2n) is 5.17. The molecule has 10 nitrogen and oxygen atoms in total. The van der Waals surface area contributed by atoms with E-state index in [9.17, 15) is 43.4 Å². The number of hydrogen-bond acceptors (Lipinski definition) is 4. The van der Waals surface area contributed by atoms with Crippen molar-refractivity contribution in [1.82, 2.24) is 0 Å². The van der Waals surface area contributed by atoms with Gasteiger partial charge in [-0.15, -0.1) is 0 Å². The fourth-order valence-corrected chi connectivity index (χ4v) is 4.52. The average molecular weight is 382 g/mol. The van der Waals surface area contributed by atoms with Gasteiger partial charge in [-0.2, -0.15) is 0 Å². The molecule has 0 aliphatic rings. The van der Waals surface area contributed by atoms with Gasteiger partial charge in [0.1, 0.15) is 0 Å². The maximum absolute atomic E-state index is 11.7. The first-order valence-corrected chi connectivity index (χ1v) is 9.71. The minimum atomic E-state index is -5.58. The van der Waals surface area contributed by atoms with Crippen molar-refractivity contribution in [3.8, 4) is 0 Å². The van der Waals surface area contributed by atoms with Crippen molar-refractivity contribution < 1.29 is 48.5 Å². The van der Waals surface area contributed by atoms with E-state index in [1.165, 1.54) is 30.3 Å². The van der Waals surface area contributed by atoms with Crippen LogP contribution in [-0.2, 0) is 18.7 Å². The number of benzene rings is 1. The van der Waals surface area contributed by atoms with Gasteiger partial charge in [0.15, 0.2) is 5.16 Å². The molecule has 0 radical (unpaired) electrons. The first kappa shape index (κ1) is 20.5. The van der Waals surface area contributed by atoms with Gasteiger partial charge in [-0.05, 0) is 12.0 Å². The summed E-state index contributed by atoms with van der Waals surface area (Å²) < 4.78 is 23.5. The number of carboxylic acid groups (broad SMARTS) is 2. The molecule has 1 rings (SSSR count). The first-order valence-electron chi connectivity index (χ1n) is 6.42. The minimum absolute atomic E-state index is 0.0599. The molecular formula is C12H16O10P2. The second-order valence-corrected chi connectivity index (χ2v) is 8.92. The van der Waals surface area contributed by atoms with E-state index < -0.39 is 50.8 Å². The SMILES string of the molecule is O=C(O)CC(CC(c1ccccc1)P(=O)(O)O)(C(=O)O)P(=O)(O)O. The molecule has 0 saturated heterocycles. The van der Waals surface area contributed by atoms with Crippen LogP contribution in [0, 0.1) is 0 Å². The lowest BCUT2D eigenvalue weighted by Crippen LogP contribution is -2.42. The summed E-state index contributed by atoms with van der Waals surface area (Å²) in [5.41, 5.74) is -1.95. The fraction of sp³-hybridized carbons (Fsp3) is 0.333. The highest BCUT2D eigenvalue weighted by Crippen LogP contribution is 2.63. The molecule has 0 amide bonds. The summed E-state index contributed by atoms with van der Waals surface area (Å²) in [5, 5.41) is 14.9. The van der Waals surface area contributed by atoms with Gasteiger partial charge < -0.3 is 29.8 Å². The molecule has 0 aliphatic carbocycles. The van der Waals surface area contributed by atoms with E-state index in [4.69, 9.17) is 5.11 Å². The molecule has 1 aromatic rings. The summed E-state index contributed by atoms with van der Waals surface area (Å²) in [6.45, 7) is 0. The smallest absolute Gasteiger partial charge is 0.343 e. The predicted octanol–water partition coefficient (Wildman–Crippen LogP) is 0.771. The van der Waals surface area contributed by atoms with Crippen LogP contribution in [0.15, 0.2) is 30.3 Å². The summed E-state index contributed by atoms with van der Waals surface area (Å²) in [7, 11) is -10.6. The van der Waals surface area contributed by atoms with E-state index in [-0.39, 0.29) is 5.56 Å². The van der Waals surface area contributed by atoms with Crippen LogP contribution < -0.4 is 0 Å². The Kier molecular flexibility index (Phi) is 6.10. The van der Waals surface area contributed by atoms with E-state index in [0.717, 1.165) is 0 Å². The Labute approximate surface area is 136 Å². The Morgan fingerprint density at radius 2 is 1.50 bits per heavy atom. The second kappa shape index (κ2) is 7.14. The molecule has 0 spiro atoms. The van der Waals surface area contributed by atoms with Crippen LogP contribution in [0.2, 0.25) is 0 Å². The van der Waals surface area contributed by atoms with Crippen molar-refractivity contribution in [3.63, 3.8) is 0 Å². The lowest BCUT2D eigenvalue weighted by molar-refractivity contribution is -0.147. The van der Waals surface area contributed by atoms with Gasteiger partial charge in [0, 0.05) is 0 Å². The molecule has 2 unspecified atom stereocenters. The Bertz CT molecular complexity index is 706. The number of carbonyl (C=O) groups is 2. The molecule has 0 fully saturated rings. The monoisotopic (exact) mass is 382 g/mol. The normalized spacial score (nSPS) is 16.2. The van der Waals surface area contributed by atoms with Gasteiger partial charge in [0.2, 0.25) is 0 Å². The van der Waals surface area contributed by atoms with Crippen LogP contribution in [0.4, 0.5) is 0 Å². The van der Waals surface area contributed by atoms with E-state index in [0.29, 0.717) is 0 Å². The molecule has 0 heterocycles. The highest BCUT2D eigenvalue weighted by atomic mass is 31.2. The molecule has 24 heavy (non-hydrogen) atoms. The van der Waals surface area contributed by atoms with Crippen molar-refractivity contribution in [2.24, 2.45) is 0 Å². The third kappa shape index (κ3) is 4.51. The van der Waals surface area contributed by atoms with Gasteiger partial charge in [-0.25, -0.2) is 0 Å². The lowest BCUT2D eigenvalue weighted by Gasteiger charge is -2.32. The van der Waals surface area contributed by atoms with E-state index in [2.05, 4.69) is 0 Å². The Hall–Kier alpha value is -1.54. The maximum atomic E-state index is 11.7. The summed E-state index contributed by atoms with van der Waals surface area (Å²) in [5.74, 6) is -3.97. The Balaban J connectivity index is 3.52. The van der Waals surface area contributed by atoms with Crippen molar-refractivity contribution >= 4 is 27.1 Å². The first-order chi connectivity index (χ1) is 10.8. The molecule has 1 aromatic carbocycles. The standard InChI is InChI=1S/C12H16O10P2/c13-10(14)7-12(11(15)16,24(20,21)22)6-9(23(17,18)19)8-4-2-1-3-5-8/h1-5,9H,6-7H2,(H,13,14)(H,15,16)(H2,17,18,19)(H2,20,21,22). The van der Waals surface area contributed by atoms with Crippen LogP contribution in [0.1, 0.15) is 24.1 Å². The number of hydrogen-bond donors (Lipinski definition) is 6. The molecule has 0 bridgehead atoms. The maximum Gasteiger partial charge on any atom is 0.343 e.